The quantitative estimate of drug-likeness (QED) is 0.519. The van der Waals surface area contributed by atoms with E-state index in [1.807, 2.05) is 13.8 Å². The van der Waals surface area contributed by atoms with Crippen molar-refractivity contribution in [1.29, 1.82) is 0 Å². The molecular weight excluding hydrogens is 128 g/mol. The van der Waals surface area contributed by atoms with Crippen LogP contribution in [0.25, 0.3) is 0 Å². The van der Waals surface area contributed by atoms with E-state index in [-0.39, 0.29) is 0 Å². The van der Waals surface area contributed by atoms with Crippen molar-refractivity contribution >= 4 is 0 Å². The van der Waals surface area contributed by atoms with Gasteiger partial charge < -0.3 is 9.47 Å². The van der Waals surface area contributed by atoms with Crippen LogP contribution in [0, 0.1) is 0 Å². The molecule has 1 rings (SSSR count). The molecule has 2 nitrogen and oxygen atoms in total. The summed E-state index contributed by atoms with van der Waals surface area (Å²) < 4.78 is 10.4. The van der Waals surface area contributed by atoms with Crippen molar-refractivity contribution in [3.05, 3.63) is 0 Å². The fraction of sp³-hybridized carbons (Fsp3) is 1.00. The van der Waals surface area contributed by atoms with Crippen LogP contribution in [-0.4, -0.2) is 25.9 Å². The molecule has 2 heteroatoms. The molecule has 10 heavy (non-hydrogen) atoms. The second-order valence-electron chi connectivity index (χ2n) is 2.08. The van der Waals surface area contributed by atoms with Crippen molar-refractivity contribution in [2.75, 3.05) is 19.8 Å². The van der Waals surface area contributed by atoms with Gasteiger partial charge in [0, 0.05) is 6.61 Å². The van der Waals surface area contributed by atoms with E-state index >= 15 is 0 Å². The Balaban J connectivity index is 0.000000371. The van der Waals surface area contributed by atoms with Gasteiger partial charge in [-0.15, -0.1) is 0 Å². The van der Waals surface area contributed by atoms with Gasteiger partial charge in [-0.05, 0) is 13.3 Å². The topological polar surface area (TPSA) is 18.5 Å². The van der Waals surface area contributed by atoms with Gasteiger partial charge in [-0.1, -0.05) is 13.8 Å². The summed E-state index contributed by atoms with van der Waals surface area (Å²) in [5.41, 5.74) is 0. The highest BCUT2D eigenvalue weighted by molar-refractivity contribution is 4.51. The number of hydrogen-bond acceptors (Lipinski definition) is 2. The van der Waals surface area contributed by atoms with Gasteiger partial charge in [-0.2, -0.15) is 0 Å². The summed E-state index contributed by atoms with van der Waals surface area (Å²) in [5.74, 6) is 0. The third-order valence-electron chi connectivity index (χ3n) is 1.30. The van der Waals surface area contributed by atoms with E-state index in [2.05, 4.69) is 6.92 Å². The second kappa shape index (κ2) is 7.03. The van der Waals surface area contributed by atoms with Gasteiger partial charge in [0.05, 0.1) is 19.3 Å². The van der Waals surface area contributed by atoms with Crippen LogP contribution in [0.5, 0.6) is 0 Å². The Bertz CT molecular complexity index is 56.3. The molecule has 0 amide bonds. The zero-order chi connectivity index (χ0) is 7.82. The Morgan fingerprint density at radius 3 is 2.50 bits per heavy atom. The summed E-state index contributed by atoms with van der Waals surface area (Å²) in [6.45, 7) is 8.47. The van der Waals surface area contributed by atoms with Crippen molar-refractivity contribution in [2.24, 2.45) is 0 Å². The third-order valence-corrected chi connectivity index (χ3v) is 1.30. The highest BCUT2D eigenvalue weighted by Gasteiger charge is 2.04. The number of ether oxygens (including phenoxy) is 2. The monoisotopic (exact) mass is 146 g/mol. The minimum absolute atomic E-state index is 0.400. The Kier molecular flexibility index (Phi) is 6.98. The van der Waals surface area contributed by atoms with Gasteiger partial charge in [0.25, 0.3) is 0 Å². The van der Waals surface area contributed by atoms with E-state index in [1.54, 1.807) is 0 Å². The fourth-order valence-corrected chi connectivity index (χ4v) is 0.743. The van der Waals surface area contributed by atoms with Crippen LogP contribution >= 0.6 is 0 Å². The predicted molar refractivity (Wildman–Crippen MR) is 42.2 cm³/mol. The smallest absolute Gasteiger partial charge is 0.0704 e. The molecule has 1 fully saturated rings. The summed E-state index contributed by atoms with van der Waals surface area (Å²) in [6, 6.07) is 0. The molecule has 1 saturated heterocycles. The number of rotatable bonds is 0. The zero-order valence-electron chi connectivity index (χ0n) is 7.22. The first-order chi connectivity index (χ1) is 4.89. The standard InChI is InChI=1S/C6H12O2.C2H6/c1-6-2-3-7-4-5-8-6;1-2/h6H,2-5H2,1H3;1-2H3. The largest absolute Gasteiger partial charge is 0.379 e. The Hall–Kier alpha value is -0.0800. The number of hydrogen-bond donors (Lipinski definition) is 0. The molecule has 0 aromatic rings. The minimum atomic E-state index is 0.400. The van der Waals surface area contributed by atoms with E-state index in [0.29, 0.717) is 6.10 Å². The van der Waals surface area contributed by atoms with Crippen LogP contribution in [0.1, 0.15) is 27.2 Å². The maximum Gasteiger partial charge on any atom is 0.0704 e. The first-order valence-corrected chi connectivity index (χ1v) is 4.09. The highest BCUT2D eigenvalue weighted by atomic mass is 16.5. The van der Waals surface area contributed by atoms with Crippen LogP contribution in [0.15, 0.2) is 0 Å². The Morgan fingerprint density at radius 2 is 1.80 bits per heavy atom. The Morgan fingerprint density at radius 1 is 1.10 bits per heavy atom. The molecule has 0 aliphatic carbocycles. The van der Waals surface area contributed by atoms with E-state index in [9.17, 15) is 0 Å². The molecule has 0 bridgehead atoms. The summed E-state index contributed by atoms with van der Waals surface area (Å²) in [4.78, 5) is 0. The predicted octanol–water partition coefficient (Wildman–Crippen LogP) is 1.84. The molecule has 0 spiro atoms. The molecule has 0 aromatic heterocycles. The minimum Gasteiger partial charge on any atom is -0.379 e. The normalized spacial score (nSPS) is 26.1. The van der Waals surface area contributed by atoms with Gasteiger partial charge in [0.2, 0.25) is 0 Å². The van der Waals surface area contributed by atoms with Crippen LogP contribution in [0.2, 0.25) is 0 Å². The van der Waals surface area contributed by atoms with Crippen LogP contribution in [0.3, 0.4) is 0 Å². The lowest BCUT2D eigenvalue weighted by Gasteiger charge is -2.04. The zero-order valence-corrected chi connectivity index (χ0v) is 7.22. The molecule has 1 atom stereocenters. The van der Waals surface area contributed by atoms with Gasteiger partial charge in [0.15, 0.2) is 0 Å². The average molecular weight is 146 g/mol. The van der Waals surface area contributed by atoms with Crippen LogP contribution < -0.4 is 0 Å². The van der Waals surface area contributed by atoms with Gasteiger partial charge >= 0.3 is 0 Å². The van der Waals surface area contributed by atoms with Gasteiger partial charge in [0.1, 0.15) is 0 Å². The molecule has 1 unspecified atom stereocenters. The van der Waals surface area contributed by atoms with E-state index < -0.39 is 0 Å². The second-order valence-corrected chi connectivity index (χ2v) is 2.08. The molecule has 0 radical (unpaired) electrons. The summed E-state index contributed by atoms with van der Waals surface area (Å²) >= 11 is 0. The van der Waals surface area contributed by atoms with Crippen molar-refractivity contribution in [2.45, 2.75) is 33.3 Å². The van der Waals surface area contributed by atoms with Crippen LogP contribution in [0.4, 0.5) is 0 Å². The van der Waals surface area contributed by atoms with Crippen molar-refractivity contribution < 1.29 is 9.47 Å². The first-order valence-electron chi connectivity index (χ1n) is 4.09. The molecule has 0 saturated carbocycles. The summed E-state index contributed by atoms with van der Waals surface area (Å²) in [6.07, 6.45) is 1.44. The van der Waals surface area contributed by atoms with Crippen molar-refractivity contribution in [3.63, 3.8) is 0 Å². The molecule has 1 aliphatic heterocycles. The lowest BCUT2D eigenvalue weighted by molar-refractivity contribution is 0.0643. The highest BCUT2D eigenvalue weighted by Crippen LogP contribution is 2.01. The van der Waals surface area contributed by atoms with Crippen molar-refractivity contribution in [3.8, 4) is 0 Å². The molecule has 0 aromatic carbocycles. The lowest BCUT2D eigenvalue weighted by Crippen LogP contribution is -2.06. The maximum atomic E-state index is 5.28. The van der Waals surface area contributed by atoms with Crippen LogP contribution in [-0.2, 0) is 9.47 Å². The average Bonchev–Trinajstić information content (AvgIpc) is 2.21. The van der Waals surface area contributed by atoms with Gasteiger partial charge in [-0.3, -0.25) is 0 Å². The lowest BCUT2D eigenvalue weighted by atomic mass is 10.3. The molecule has 0 N–H and O–H groups in total. The SMILES string of the molecule is CC.CC1CCOCCO1. The molecule has 62 valence electrons. The molecule has 1 aliphatic rings. The first kappa shape index (κ1) is 9.92. The Labute approximate surface area is 63.5 Å². The molecule has 1 heterocycles. The van der Waals surface area contributed by atoms with E-state index in [1.165, 1.54) is 0 Å². The summed E-state index contributed by atoms with van der Waals surface area (Å²) in [7, 11) is 0. The van der Waals surface area contributed by atoms with E-state index in [4.69, 9.17) is 9.47 Å². The van der Waals surface area contributed by atoms with Crippen molar-refractivity contribution in [1.82, 2.24) is 0 Å². The molecular formula is C8H18O2. The third kappa shape index (κ3) is 4.77. The maximum absolute atomic E-state index is 5.28. The fourth-order valence-electron chi connectivity index (χ4n) is 0.743. The van der Waals surface area contributed by atoms with Gasteiger partial charge in [-0.25, -0.2) is 0 Å². The van der Waals surface area contributed by atoms with E-state index in [0.717, 1.165) is 26.2 Å². The summed E-state index contributed by atoms with van der Waals surface area (Å²) in [5, 5.41) is 0.